The first-order valence-corrected chi connectivity index (χ1v) is 7.83. The fraction of sp³-hybridized carbons (Fsp3) is 0.588. The Morgan fingerprint density at radius 2 is 2.00 bits per heavy atom. The van der Waals surface area contributed by atoms with Gasteiger partial charge in [-0.25, -0.2) is 0 Å². The SMILES string of the molecule is COc1ccccc1CC(=O)N1CCC2(CCNC2)CC1.Cl. The lowest BCUT2D eigenvalue weighted by Crippen LogP contribution is -2.44. The second-order valence-electron chi connectivity index (χ2n) is 6.30. The van der Waals surface area contributed by atoms with Crippen LogP contribution in [0, 0.1) is 5.41 Å². The Morgan fingerprint density at radius 3 is 2.64 bits per heavy atom. The molecule has 122 valence electrons. The molecule has 0 aliphatic carbocycles. The number of rotatable bonds is 3. The number of halogens is 1. The van der Waals surface area contributed by atoms with Gasteiger partial charge in [0.2, 0.25) is 5.91 Å². The summed E-state index contributed by atoms with van der Waals surface area (Å²) in [6.07, 6.45) is 3.98. The average Bonchev–Trinajstić information content (AvgIpc) is 2.96. The lowest BCUT2D eigenvalue weighted by molar-refractivity contribution is -0.132. The number of hydrogen-bond acceptors (Lipinski definition) is 3. The lowest BCUT2D eigenvalue weighted by atomic mass is 9.78. The molecule has 3 rings (SSSR count). The molecule has 2 heterocycles. The van der Waals surface area contributed by atoms with Gasteiger partial charge < -0.3 is 15.0 Å². The summed E-state index contributed by atoms with van der Waals surface area (Å²) < 4.78 is 5.33. The van der Waals surface area contributed by atoms with Crippen LogP contribution >= 0.6 is 12.4 Å². The Kier molecular flexibility index (Phi) is 5.70. The molecule has 0 saturated carbocycles. The summed E-state index contributed by atoms with van der Waals surface area (Å²) in [5.74, 6) is 1.03. The summed E-state index contributed by atoms with van der Waals surface area (Å²) >= 11 is 0. The molecular formula is C17H25ClN2O2. The molecule has 0 unspecified atom stereocenters. The van der Waals surface area contributed by atoms with Gasteiger partial charge in [0.25, 0.3) is 0 Å². The molecule has 0 atom stereocenters. The number of likely N-dealkylation sites (tertiary alicyclic amines) is 1. The number of para-hydroxylation sites is 1. The Bertz CT molecular complexity index is 505. The van der Waals surface area contributed by atoms with Gasteiger partial charge in [0.05, 0.1) is 13.5 Å². The van der Waals surface area contributed by atoms with Crippen molar-refractivity contribution in [3.63, 3.8) is 0 Å². The van der Waals surface area contributed by atoms with E-state index in [0.717, 1.165) is 50.3 Å². The molecule has 1 spiro atoms. The van der Waals surface area contributed by atoms with Crippen LogP contribution in [0.1, 0.15) is 24.8 Å². The minimum atomic E-state index is 0. The smallest absolute Gasteiger partial charge is 0.227 e. The normalized spacial score (nSPS) is 19.8. The molecule has 4 nitrogen and oxygen atoms in total. The molecule has 2 fully saturated rings. The van der Waals surface area contributed by atoms with Crippen LogP contribution in [0.15, 0.2) is 24.3 Å². The molecule has 0 bridgehead atoms. The summed E-state index contributed by atoms with van der Waals surface area (Å²) in [4.78, 5) is 14.5. The van der Waals surface area contributed by atoms with E-state index < -0.39 is 0 Å². The third-order valence-corrected chi connectivity index (χ3v) is 5.04. The van der Waals surface area contributed by atoms with Gasteiger partial charge in [-0.2, -0.15) is 0 Å². The lowest BCUT2D eigenvalue weighted by Gasteiger charge is -2.39. The number of carbonyl (C=O) groups is 1. The van der Waals surface area contributed by atoms with Crippen LogP contribution in [0.3, 0.4) is 0 Å². The highest BCUT2D eigenvalue weighted by molar-refractivity contribution is 5.85. The molecule has 0 radical (unpaired) electrons. The van der Waals surface area contributed by atoms with Crippen molar-refractivity contribution in [2.75, 3.05) is 33.3 Å². The van der Waals surface area contributed by atoms with E-state index in [9.17, 15) is 4.79 Å². The highest BCUT2D eigenvalue weighted by Crippen LogP contribution is 2.37. The second-order valence-corrected chi connectivity index (χ2v) is 6.30. The predicted octanol–water partition coefficient (Wildman–Crippen LogP) is 2.26. The molecule has 1 amide bonds. The molecule has 1 aromatic carbocycles. The van der Waals surface area contributed by atoms with Crippen molar-refractivity contribution >= 4 is 18.3 Å². The molecule has 2 aliphatic heterocycles. The largest absolute Gasteiger partial charge is 0.496 e. The Hall–Kier alpha value is -1.26. The third kappa shape index (κ3) is 3.55. The fourth-order valence-corrected chi connectivity index (χ4v) is 3.58. The molecule has 5 heteroatoms. The van der Waals surface area contributed by atoms with E-state index in [2.05, 4.69) is 5.32 Å². The van der Waals surface area contributed by atoms with Gasteiger partial charge >= 0.3 is 0 Å². The highest BCUT2D eigenvalue weighted by atomic mass is 35.5. The van der Waals surface area contributed by atoms with Gasteiger partial charge in [0, 0.05) is 25.2 Å². The first-order chi connectivity index (χ1) is 10.2. The Morgan fingerprint density at radius 1 is 1.27 bits per heavy atom. The first-order valence-electron chi connectivity index (χ1n) is 7.83. The minimum Gasteiger partial charge on any atom is -0.496 e. The zero-order chi connectivity index (χ0) is 14.7. The van der Waals surface area contributed by atoms with Gasteiger partial charge in [0.1, 0.15) is 5.75 Å². The standard InChI is InChI=1S/C17H24N2O2.ClH/c1-21-15-5-3-2-4-14(15)12-16(20)19-10-7-17(8-11-19)6-9-18-13-17;/h2-5,18H,6-13H2,1H3;1H. The zero-order valence-electron chi connectivity index (χ0n) is 13.1. The quantitative estimate of drug-likeness (QED) is 0.927. The van der Waals surface area contributed by atoms with Crippen molar-refractivity contribution in [3.8, 4) is 5.75 Å². The Balaban J connectivity index is 0.00000176. The van der Waals surface area contributed by atoms with E-state index in [-0.39, 0.29) is 18.3 Å². The third-order valence-electron chi connectivity index (χ3n) is 5.04. The van der Waals surface area contributed by atoms with E-state index in [1.807, 2.05) is 29.2 Å². The van der Waals surface area contributed by atoms with Crippen molar-refractivity contribution < 1.29 is 9.53 Å². The summed E-state index contributed by atoms with van der Waals surface area (Å²) in [5, 5.41) is 3.46. The summed E-state index contributed by atoms with van der Waals surface area (Å²) in [7, 11) is 1.65. The van der Waals surface area contributed by atoms with Crippen LogP contribution in [0.25, 0.3) is 0 Å². The second kappa shape index (κ2) is 7.34. The van der Waals surface area contributed by atoms with E-state index in [1.165, 1.54) is 6.42 Å². The van der Waals surface area contributed by atoms with Crippen molar-refractivity contribution in [3.05, 3.63) is 29.8 Å². The van der Waals surface area contributed by atoms with Crippen LogP contribution in [-0.4, -0.2) is 44.1 Å². The predicted molar refractivity (Wildman–Crippen MR) is 89.7 cm³/mol. The molecule has 2 saturated heterocycles. The van der Waals surface area contributed by atoms with Gasteiger partial charge in [-0.3, -0.25) is 4.79 Å². The van der Waals surface area contributed by atoms with Crippen molar-refractivity contribution in [2.24, 2.45) is 5.41 Å². The number of nitrogens with one attached hydrogen (secondary N) is 1. The molecular weight excluding hydrogens is 300 g/mol. The molecule has 1 N–H and O–H groups in total. The first kappa shape index (κ1) is 17.1. The highest BCUT2D eigenvalue weighted by Gasteiger charge is 2.37. The number of piperidine rings is 1. The average molecular weight is 325 g/mol. The minimum absolute atomic E-state index is 0. The van der Waals surface area contributed by atoms with Crippen LogP contribution in [0.4, 0.5) is 0 Å². The van der Waals surface area contributed by atoms with Crippen LogP contribution in [0.5, 0.6) is 5.75 Å². The maximum atomic E-state index is 12.5. The number of amides is 1. The number of carbonyl (C=O) groups excluding carboxylic acids is 1. The Labute approximate surface area is 138 Å². The van der Waals surface area contributed by atoms with Gasteiger partial charge in [-0.05, 0) is 37.3 Å². The van der Waals surface area contributed by atoms with Crippen LogP contribution in [0.2, 0.25) is 0 Å². The summed E-state index contributed by atoms with van der Waals surface area (Å²) in [6.45, 7) is 4.06. The van der Waals surface area contributed by atoms with Gasteiger partial charge in [-0.1, -0.05) is 18.2 Å². The molecule has 0 aromatic heterocycles. The number of ether oxygens (including phenoxy) is 1. The number of methoxy groups -OCH3 is 1. The van der Waals surface area contributed by atoms with Gasteiger partial charge in [-0.15, -0.1) is 12.4 Å². The van der Waals surface area contributed by atoms with Crippen molar-refractivity contribution in [1.82, 2.24) is 10.2 Å². The fourth-order valence-electron chi connectivity index (χ4n) is 3.58. The number of nitrogens with zero attached hydrogens (tertiary/aromatic N) is 1. The van der Waals surface area contributed by atoms with E-state index >= 15 is 0 Å². The number of hydrogen-bond donors (Lipinski definition) is 1. The van der Waals surface area contributed by atoms with E-state index in [4.69, 9.17) is 4.74 Å². The van der Waals surface area contributed by atoms with Crippen molar-refractivity contribution in [1.29, 1.82) is 0 Å². The van der Waals surface area contributed by atoms with Crippen molar-refractivity contribution in [2.45, 2.75) is 25.7 Å². The summed E-state index contributed by atoms with van der Waals surface area (Å²) in [6, 6.07) is 7.78. The number of benzene rings is 1. The molecule has 1 aromatic rings. The van der Waals surface area contributed by atoms with Crippen LogP contribution in [-0.2, 0) is 11.2 Å². The molecule has 2 aliphatic rings. The van der Waals surface area contributed by atoms with E-state index in [0.29, 0.717) is 11.8 Å². The van der Waals surface area contributed by atoms with E-state index in [1.54, 1.807) is 7.11 Å². The maximum Gasteiger partial charge on any atom is 0.227 e. The van der Waals surface area contributed by atoms with Gasteiger partial charge in [0.15, 0.2) is 0 Å². The summed E-state index contributed by atoms with van der Waals surface area (Å²) in [5.41, 5.74) is 1.44. The zero-order valence-corrected chi connectivity index (χ0v) is 14.0. The molecule has 22 heavy (non-hydrogen) atoms. The topological polar surface area (TPSA) is 41.6 Å². The maximum absolute atomic E-state index is 12.5. The monoisotopic (exact) mass is 324 g/mol. The van der Waals surface area contributed by atoms with Crippen LogP contribution < -0.4 is 10.1 Å².